The number of rotatable bonds is 1. The minimum absolute atomic E-state index is 0.00378. The van der Waals surface area contributed by atoms with E-state index in [-0.39, 0.29) is 22.7 Å². The largest absolute Gasteiger partial charge is 0.355 e. The zero-order chi connectivity index (χ0) is 20.4. The number of hydrogen-bond acceptors (Lipinski definition) is 3. The van der Waals surface area contributed by atoms with Crippen molar-refractivity contribution in [1.29, 1.82) is 0 Å². The zero-order valence-electron chi connectivity index (χ0n) is 16.7. The molecule has 0 aliphatic carbocycles. The lowest BCUT2D eigenvalue weighted by Crippen LogP contribution is -2.74. The summed E-state index contributed by atoms with van der Waals surface area (Å²) in [5, 5.41) is 0.706. The van der Waals surface area contributed by atoms with E-state index in [0.717, 1.165) is 56.2 Å². The number of anilines is 2. The van der Waals surface area contributed by atoms with Crippen molar-refractivity contribution in [3.63, 3.8) is 0 Å². The van der Waals surface area contributed by atoms with E-state index >= 15 is 0 Å². The third kappa shape index (κ3) is 3.05. The van der Waals surface area contributed by atoms with Gasteiger partial charge in [0.2, 0.25) is 0 Å². The number of hydrogen-bond donors (Lipinski definition) is 0. The van der Waals surface area contributed by atoms with Gasteiger partial charge < -0.3 is 9.80 Å². The summed E-state index contributed by atoms with van der Waals surface area (Å²) in [4.78, 5) is 23.3. The molecule has 4 heterocycles. The van der Waals surface area contributed by atoms with Crippen LogP contribution in [0.15, 0.2) is 36.5 Å². The van der Waals surface area contributed by atoms with E-state index in [2.05, 4.69) is 23.7 Å². The van der Waals surface area contributed by atoms with Crippen LogP contribution < -0.4 is 9.80 Å². The van der Waals surface area contributed by atoms with Crippen LogP contribution in [0.5, 0.6) is 0 Å². The summed E-state index contributed by atoms with van der Waals surface area (Å²) < 4.78 is 13.1. The van der Waals surface area contributed by atoms with Gasteiger partial charge >= 0.3 is 6.03 Å². The highest BCUT2D eigenvalue weighted by molar-refractivity contribution is 6.30. The van der Waals surface area contributed by atoms with Crippen LogP contribution in [0.2, 0.25) is 5.02 Å². The van der Waals surface area contributed by atoms with Crippen molar-refractivity contribution in [3.8, 4) is 0 Å². The SMILES string of the molecule is CC1(C)CCN(C(=O)N2CC3(C2)CN(c2ccc(F)cn2)C3)c2ccc(Cl)cc21. The Balaban J connectivity index is 1.25. The molecule has 0 unspecified atom stereocenters. The first-order chi connectivity index (χ1) is 13.8. The van der Waals surface area contributed by atoms with Crippen LogP contribution in [0, 0.1) is 11.2 Å². The second-order valence-electron chi connectivity index (χ2n) is 9.28. The number of urea groups is 1. The van der Waals surface area contributed by atoms with Crippen molar-refractivity contribution >= 4 is 29.1 Å². The van der Waals surface area contributed by atoms with Crippen molar-refractivity contribution in [2.24, 2.45) is 5.41 Å². The Kier molecular flexibility index (Phi) is 4.07. The zero-order valence-corrected chi connectivity index (χ0v) is 17.4. The molecule has 1 aromatic heterocycles. The molecule has 0 atom stereocenters. The molecule has 0 N–H and O–H groups in total. The minimum Gasteiger partial charge on any atom is -0.355 e. The lowest BCUT2D eigenvalue weighted by Gasteiger charge is -2.61. The van der Waals surface area contributed by atoms with Gasteiger partial charge in [0.25, 0.3) is 0 Å². The first-order valence-electron chi connectivity index (χ1n) is 9.99. The molecule has 2 saturated heterocycles. The molecule has 5 nitrogen and oxygen atoms in total. The molecule has 152 valence electrons. The van der Waals surface area contributed by atoms with Crippen LogP contribution in [0.4, 0.5) is 20.7 Å². The summed E-state index contributed by atoms with van der Waals surface area (Å²) in [6.07, 6.45) is 2.16. The van der Waals surface area contributed by atoms with Gasteiger partial charge in [-0.15, -0.1) is 0 Å². The molecular weight excluding hydrogens is 391 g/mol. The van der Waals surface area contributed by atoms with Gasteiger partial charge in [-0.2, -0.15) is 0 Å². The molecule has 2 fully saturated rings. The number of carbonyl (C=O) groups excluding carboxylic acids is 1. The number of fused-ring (bicyclic) bond motifs is 1. The lowest BCUT2D eigenvalue weighted by atomic mass is 9.73. The standard InChI is InChI=1S/C22H24ClFN4O/c1-21(2)7-8-28(18-5-3-15(23)9-17(18)21)20(29)27-13-22(14-27)11-26(12-22)19-6-4-16(24)10-25-19/h3-6,9-10H,7-8,11-14H2,1-2H3. The number of aromatic nitrogens is 1. The maximum absolute atomic E-state index is 13.2. The third-order valence-electron chi connectivity index (χ3n) is 6.58. The third-order valence-corrected chi connectivity index (χ3v) is 6.82. The average Bonchev–Trinajstić information content (AvgIpc) is 2.61. The van der Waals surface area contributed by atoms with E-state index in [1.165, 1.54) is 12.3 Å². The number of benzene rings is 1. The van der Waals surface area contributed by atoms with Gasteiger partial charge in [-0.05, 0) is 47.7 Å². The molecule has 0 bridgehead atoms. The van der Waals surface area contributed by atoms with Crippen LogP contribution in [-0.4, -0.2) is 48.6 Å². The fourth-order valence-corrected chi connectivity index (χ4v) is 5.05. The van der Waals surface area contributed by atoms with Crippen LogP contribution in [0.25, 0.3) is 0 Å². The highest BCUT2D eigenvalue weighted by Crippen LogP contribution is 2.44. The Morgan fingerprint density at radius 1 is 1.14 bits per heavy atom. The van der Waals surface area contributed by atoms with Crippen molar-refractivity contribution in [3.05, 3.63) is 52.9 Å². The fourth-order valence-electron chi connectivity index (χ4n) is 4.88. The molecule has 7 heteroatoms. The average molecular weight is 415 g/mol. The van der Waals surface area contributed by atoms with E-state index in [1.807, 2.05) is 28.0 Å². The fraction of sp³-hybridized carbons (Fsp3) is 0.455. The topological polar surface area (TPSA) is 39.7 Å². The number of likely N-dealkylation sites (tertiary alicyclic amines) is 1. The van der Waals surface area contributed by atoms with Gasteiger partial charge in [0, 0.05) is 48.8 Å². The van der Waals surface area contributed by atoms with Gasteiger partial charge in [0.1, 0.15) is 11.6 Å². The number of pyridine rings is 1. The highest BCUT2D eigenvalue weighted by Gasteiger charge is 2.54. The maximum atomic E-state index is 13.2. The normalized spacial score (nSPS) is 21.4. The van der Waals surface area contributed by atoms with E-state index in [4.69, 9.17) is 11.6 Å². The predicted octanol–water partition coefficient (Wildman–Crippen LogP) is 4.30. The first kappa shape index (κ1) is 18.7. The molecular formula is C22H24ClFN4O. The summed E-state index contributed by atoms with van der Waals surface area (Å²) >= 11 is 6.22. The van der Waals surface area contributed by atoms with E-state index in [1.54, 1.807) is 6.07 Å². The monoisotopic (exact) mass is 414 g/mol. The summed E-state index contributed by atoms with van der Waals surface area (Å²) in [6, 6.07) is 9.05. The molecule has 3 aliphatic heterocycles. The molecule has 2 amide bonds. The Bertz CT molecular complexity index is 963. The summed E-state index contributed by atoms with van der Waals surface area (Å²) in [5.41, 5.74) is 2.26. The highest BCUT2D eigenvalue weighted by atomic mass is 35.5. The quantitative estimate of drug-likeness (QED) is 0.698. The summed E-state index contributed by atoms with van der Waals surface area (Å²) in [6.45, 7) is 8.35. The van der Waals surface area contributed by atoms with Gasteiger partial charge in [0.05, 0.1) is 6.20 Å². The molecule has 3 aliphatic rings. The van der Waals surface area contributed by atoms with Gasteiger partial charge in [0.15, 0.2) is 0 Å². The van der Waals surface area contributed by atoms with Gasteiger partial charge in [-0.1, -0.05) is 25.4 Å². The Morgan fingerprint density at radius 3 is 2.59 bits per heavy atom. The van der Waals surface area contributed by atoms with Gasteiger partial charge in [-0.3, -0.25) is 4.90 Å². The number of halogens is 2. The van der Waals surface area contributed by atoms with Crippen LogP contribution in [0.1, 0.15) is 25.8 Å². The van der Waals surface area contributed by atoms with Crippen LogP contribution in [0.3, 0.4) is 0 Å². The molecule has 29 heavy (non-hydrogen) atoms. The van der Waals surface area contributed by atoms with Crippen molar-refractivity contribution in [1.82, 2.24) is 9.88 Å². The smallest absolute Gasteiger partial charge is 0.324 e. The van der Waals surface area contributed by atoms with Crippen molar-refractivity contribution in [2.75, 3.05) is 42.5 Å². The molecule has 1 aromatic carbocycles. The number of amides is 2. The van der Waals surface area contributed by atoms with Crippen molar-refractivity contribution < 1.29 is 9.18 Å². The van der Waals surface area contributed by atoms with Crippen LogP contribution in [-0.2, 0) is 5.41 Å². The molecule has 2 aromatic rings. The second kappa shape index (κ2) is 6.33. The number of nitrogens with zero attached hydrogens (tertiary/aromatic N) is 4. The van der Waals surface area contributed by atoms with Crippen molar-refractivity contribution in [2.45, 2.75) is 25.7 Å². The molecule has 1 spiro atoms. The second-order valence-corrected chi connectivity index (χ2v) is 9.71. The minimum atomic E-state index is -0.323. The Labute approximate surface area is 175 Å². The summed E-state index contributed by atoms with van der Waals surface area (Å²) in [7, 11) is 0. The molecule has 5 rings (SSSR count). The van der Waals surface area contributed by atoms with Crippen LogP contribution >= 0.6 is 11.6 Å². The molecule has 0 radical (unpaired) electrons. The number of carbonyl (C=O) groups is 1. The molecule has 0 saturated carbocycles. The lowest BCUT2D eigenvalue weighted by molar-refractivity contribution is 0.00945. The maximum Gasteiger partial charge on any atom is 0.324 e. The predicted molar refractivity (Wildman–Crippen MR) is 112 cm³/mol. The van der Waals surface area contributed by atoms with E-state index < -0.39 is 0 Å². The summed E-state index contributed by atoms with van der Waals surface area (Å²) in [5.74, 6) is 0.474. The Hall–Kier alpha value is -2.34. The van der Waals surface area contributed by atoms with Gasteiger partial charge in [-0.25, -0.2) is 14.2 Å². The van der Waals surface area contributed by atoms with E-state index in [9.17, 15) is 9.18 Å². The first-order valence-corrected chi connectivity index (χ1v) is 10.4. The Morgan fingerprint density at radius 2 is 1.90 bits per heavy atom. The van der Waals surface area contributed by atoms with E-state index in [0.29, 0.717) is 5.02 Å².